The number of thiophene rings is 1. The van der Waals surface area contributed by atoms with Gasteiger partial charge < -0.3 is 10.6 Å². The van der Waals surface area contributed by atoms with Crippen LogP contribution >= 0.6 is 34.9 Å². The van der Waals surface area contributed by atoms with E-state index >= 15 is 0 Å². The zero-order chi connectivity index (χ0) is 20.8. The highest BCUT2D eigenvalue weighted by Gasteiger charge is 2.23. The van der Waals surface area contributed by atoms with Crippen molar-refractivity contribution in [3.63, 3.8) is 0 Å². The van der Waals surface area contributed by atoms with Crippen molar-refractivity contribution in [1.82, 2.24) is 5.32 Å². The fourth-order valence-corrected chi connectivity index (χ4v) is 6.70. The molecule has 4 nitrogen and oxygen atoms in total. The maximum atomic E-state index is 13.1. The summed E-state index contributed by atoms with van der Waals surface area (Å²) in [4.78, 5) is 26.3. The van der Waals surface area contributed by atoms with E-state index in [0.29, 0.717) is 15.9 Å². The first-order valence-corrected chi connectivity index (χ1v) is 12.7. The molecule has 0 spiro atoms. The van der Waals surface area contributed by atoms with Crippen LogP contribution in [-0.2, 0) is 11.2 Å². The molecule has 2 aromatic carbocycles. The summed E-state index contributed by atoms with van der Waals surface area (Å²) in [5, 5.41) is 7.77. The molecular formula is C23H22N2O2S3. The molecule has 1 fully saturated rings. The normalized spacial score (nSPS) is 14.9. The van der Waals surface area contributed by atoms with Gasteiger partial charge in [0.25, 0.3) is 5.91 Å². The first-order chi connectivity index (χ1) is 14.7. The van der Waals surface area contributed by atoms with Crippen molar-refractivity contribution in [1.29, 1.82) is 0 Å². The van der Waals surface area contributed by atoms with Crippen LogP contribution < -0.4 is 10.6 Å². The van der Waals surface area contributed by atoms with Crippen molar-refractivity contribution in [2.45, 2.75) is 17.0 Å². The predicted molar refractivity (Wildman–Crippen MR) is 128 cm³/mol. The number of nitrogens with one attached hydrogen (secondary N) is 2. The second-order valence-corrected chi connectivity index (χ2v) is 10.6. The largest absolute Gasteiger partial charge is 0.339 e. The number of anilines is 1. The maximum Gasteiger partial charge on any atom is 0.262 e. The zero-order valence-electron chi connectivity index (χ0n) is 16.2. The van der Waals surface area contributed by atoms with Crippen LogP contribution in [0.1, 0.15) is 25.4 Å². The predicted octanol–water partition coefficient (Wildman–Crippen LogP) is 5.21. The zero-order valence-corrected chi connectivity index (χ0v) is 18.7. The minimum atomic E-state index is -0.666. The highest BCUT2D eigenvalue weighted by atomic mass is 32.2. The van der Waals surface area contributed by atoms with E-state index in [1.807, 2.05) is 83.5 Å². The maximum absolute atomic E-state index is 13.1. The smallest absolute Gasteiger partial charge is 0.262 e. The Kier molecular flexibility index (Phi) is 7.15. The van der Waals surface area contributed by atoms with E-state index in [2.05, 4.69) is 16.7 Å². The van der Waals surface area contributed by atoms with Gasteiger partial charge in [0.2, 0.25) is 5.91 Å². The van der Waals surface area contributed by atoms with Crippen LogP contribution in [0.2, 0.25) is 0 Å². The monoisotopic (exact) mass is 454 g/mol. The number of rotatable bonds is 7. The summed E-state index contributed by atoms with van der Waals surface area (Å²) in [6.45, 7) is 0. The summed E-state index contributed by atoms with van der Waals surface area (Å²) < 4.78 is 0.417. The Morgan fingerprint density at radius 2 is 1.77 bits per heavy atom. The Morgan fingerprint density at radius 3 is 2.50 bits per heavy atom. The fraction of sp³-hybridized carbons (Fsp3) is 0.217. The average Bonchev–Trinajstić information content (AvgIpc) is 3.48. The molecule has 2 amide bonds. The molecule has 3 aromatic rings. The van der Waals surface area contributed by atoms with Crippen molar-refractivity contribution in [2.75, 3.05) is 16.8 Å². The van der Waals surface area contributed by atoms with Gasteiger partial charge in [0, 0.05) is 23.6 Å². The molecule has 4 rings (SSSR count). The summed E-state index contributed by atoms with van der Waals surface area (Å²) in [5.41, 5.74) is 2.97. The number of benzene rings is 2. The van der Waals surface area contributed by atoms with Crippen LogP contribution in [0, 0.1) is 0 Å². The minimum Gasteiger partial charge on any atom is -0.339 e. The number of carbonyl (C=O) groups excluding carboxylic acids is 2. The van der Waals surface area contributed by atoms with Gasteiger partial charge in [0.15, 0.2) is 0 Å². The molecular weight excluding hydrogens is 432 g/mol. The van der Waals surface area contributed by atoms with E-state index in [1.165, 1.54) is 16.9 Å². The lowest BCUT2D eigenvalue weighted by Crippen LogP contribution is -2.45. The Bertz CT molecular complexity index is 987. The first kappa shape index (κ1) is 21.0. The van der Waals surface area contributed by atoms with E-state index in [4.69, 9.17) is 0 Å². The van der Waals surface area contributed by atoms with Crippen LogP contribution in [0.15, 0.2) is 72.1 Å². The summed E-state index contributed by atoms with van der Waals surface area (Å²) in [5.74, 6) is 1.86. The topological polar surface area (TPSA) is 58.2 Å². The third kappa shape index (κ3) is 5.47. The van der Waals surface area contributed by atoms with Gasteiger partial charge in [-0.1, -0.05) is 48.5 Å². The Morgan fingerprint density at radius 1 is 0.967 bits per heavy atom. The molecule has 1 atom stereocenters. The number of hydrogen-bond donors (Lipinski definition) is 2. The van der Waals surface area contributed by atoms with E-state index in [0.717, 1.165) is 22.8 Å². The van der Waals surface area contributed by atoms with Gasteiger partial charge in [0.05, 0.1) is 9.46 Å². The summed E-state index contributed by atoms with van der Waals surface area (Å²) in [7, 11) is 0. The summed E-state index contributed by atoms with van der Waals surface area (Å²) >= 11 is 5.23. The van der Waals surface area contributed by atoms with Gasteiger partial charge in [-0.25, -0.2) is 0 Å². The van der Waals surface area contributed by atoms with Gasteiger partial charge >= 0.3 is 0 Å². The van der Waals surface area contributed by atoms with E-state index in [9.17, 15) is 9.59 Å². The standard InChI is InChI=1S/C23H22N2O2S3/c26-21(24-18-9-4-8-17(15-18)23-29-12-13-30-23)19(14-16-6-2-1-3-7-16)25-22(27)20-10-5-11-28-20/h1-11,15,19,23H,12-14H2,(H,24,26)(H,25,27)/t19-/m0/s1. The Hall–Kier alpha value is -2.22. The molecule has 154 valence electrons. The van der Waals surface area contributed by atoms with E-state index in [1.54, 1.807) is 6.07 Å². The van der Waals surface area contributed by atoms with Crippen molar-refractivity contribution >= 4 is 52.4 Å². The van der Waals surface area contributed by atoms with Crippen LogP contribution in [-0.4, -0.2) is 29.4 Å². The van der Waals surface area contributed by atoms with Gasteiger partial charge in [-0.3, -0.25) is 9.59 Å². The second kappa shape index (κ2) is 10.2. The van der Waals surface area contributed by atoms with Gasteiger partial charge in [-0.05, 0) is 34.7 Å². The number of hydrogen-bond acceptors (Lipinski definition) is 5. The Labute approximate surface area is 188 Å². The van der Waals surface area contributed by atoms with E-state index < -0.39 is 6.04 Å². The van der Waals surface area contributed by atoms with Crippen molar-refractivity contribution in [3.05, 3.63) is 88.1 Å². The summed E-state index contributed by atoms with van der Waals surface area (Å²) in [6, 6.07) is 20.7. The molecule has 1 aliphatic heterocycles. The molecule has 1 aromatic heterocycles. The van der Waals surface area contributed by atoms with Crippen LogP contribution in [0.4, 0.5) is 5.69 Å². The molecule has 2 N–H and O–H groups in total. The minimum absolute atomic E-state index is 0.215. The van der Waals surface area contributed by atoms with Gasteiger partial charge in [0.1, 0.15) is 6.04 Å². The average molecular weight is 455 g/mol. The number of amides is 2. The molecule has 1 saturated heterocycles. The van der Waals surface area contributed by atoms with Crippen LogP contribution in [0.3, 0.4) is 0 Å². The van der Waals surface area contributed by atoms with Crippen molar-refractivity contribution in [2.24, 2.45) is 0 Å². The fourth-order valence-electron chi connectivity index (χ4n) is 3.24. The van der Waals surface area contributed by atoms with Crippen molar-refractivity contribution in [3.8, 4) is 0 Å². The molecule has 0 aliphatic carbocycles. The van der Waals surface area contributed by atoms with Gasteiger partial charge in [-0.15, -0.1) is 34.9 Å². The number of carbonyl (C=O) groups is 2. The highest BCUT2D eigenvalue weighted by molar-refractivity contribution is 8.19. The third-order valence-electron chi connectivity index (χ3n) is 4.70. The highest BCUT2D eigenvalue weighted by Crippen LogP contribution is 2.45. The molecule has 0 unspecified atom stereocenters. The lowest BCUT2D eigenvalue weighted by atomic mass is 10.0. The Balaban J connectivity index is 1.49. The SMILES string of the molecule is O=C(N[C@@H](Cc1ccccc1)C(=O)Nc1cccc(C2SCCS2)c1)c1cccs1. The first-order valence-electron chi connectivity index (χ1n) is 9.71. The summed E-state index contributed by atoms with van der Waals surface area (Å²) in [6.07, 6.45) is 0.428. The van der Waals surface area contributed by atoms with Crippen LogP contribution in [0.25, 0.3) is 0 Å². The molecule has 0 bridgehead atoms. The quantitative estimate of drug-likeness (QED) is 0.515. The van der Waals surface area contributed by atoms with E-state index in [-0.39, 0.29) is 11.8 Å². The lowest BCUT2D eigenvalue weighted by molar-refractivity contribution is -0.118. The second-order valence-electron chi connectivity index (χ2n) is 6.88. The van der Waals surface area contributed by atoms with Gasteiger partial charge in [-0.2, -0.15) is 0 Å². The third-order valence-corrected chi connectivity index (χ3v) is 8.67. The molecule has 30 heavy (non-hydrogen) atoms. The van der Waals surface area contributed by atoms with Crippen LogP contribution in [0.5, 0.6) is 0 Å². The molecule has 1 aliphatic rings. The molecule has 0 saturated carbocycles. The lowest BCUT2D eigenvalue weighted by Gasteiger charge is -2.19. The molecule has 0 radical (unpaired) electrons. The molecule has 7 heteroatoms. The van der Waals surface area contributed by atoms with Crippen molar-refractivity contribution < 1.29 is 9.59 Å². The molecule has 2 heterocycles. The number of thioether (sulfide) groups is 2.